The molecule has 3 unspecified atom stereocenters. The number of likely N-dealkylation sites (N-methyl/N-ethyl adjacent to an activating group) is 1. The second-order valence-corrected chi connectivity index (χ2v) is 9.62. The molecule has 4 atom stereocenters. The molecule has 2 amide bonds. The van der Waals surface area contributed by atoms with E-state index in [0.717, 1.165) is 37.4 Å². The van der Waals surface area contributed by atoms with Gasteiger partial charge in [0, 0.05) is 69.6 Å². The number of methoxy groups -OCH3 is 1. The monoisotopic (exact) mass is 478 g/mol. The van der Waals surface area contributed by atoms with E-state index in [0.29, 0.717) is 18.7 Å². The lowest BCUT2D eigenvalue weighted by Crippen LogP contribution is -2.49. The van der Waals surface area contributed by atoms with E-state index in [2.05, 4.69) is 33.0 Å². The first-order valence-electron chi connectivity index (χ1n) is 12.3. The van der Waals surface area contributed by atoms with Crippen LogP contribution in [0, 0.1) is 5.92 Å². The van der Waals surface area contributed by atoms with Gasteiger partial charge in [-0.05, 0) is 36.9 Å². The number of hydrazine groups is 1. The largest absolute Gasteiger partial charge is 0.369 e. The Morgan fingerprint density at radius 2 is 1.69 bits per heavy atom. The number of rotatable bonds is 6. The third kappa shape index (κ3) is 5.04. The Morgan fingerprint density at radius 1 is 0.971 bits per heavy atom. The van der Waals surface area contributed by atoms with Crippen molar-refractivity contribution in [3.63, 3.8) is 0 Å². The van der Waals surface area contributed by atoms with E-state index in [1.54, 1.807) is 7.11 Å². The molecule has 3 fully saturated rings. The van der Waals surface area contributed by atoms with Gasteiger partial charge in [0.2, 0.25) is 0 Å². The summed E-state index contributed by atoms with van der Waals surface area (Å²) in [6, 6.07) is 17.4. The van der Waals surface area contributed by atoms with Gasteiger partial charge < -0.3 is 24.8 Å². The Morgan fingerprint density at radius 3 is 2.37 bits per heavy atom. The average Bonchev–Trinajstić information content (AvgIpc) is 3.48. The fraction of sp³-hybridized carbons (Fsp3) is 0.462. The van der Waals surface area contributed by atoms with Crippen LogP contribution in [0.1, 0.15) is 22.0 Å². The number of hydrogen-bond donors (Lipinski definition) is 3. The van der Waals surface area contributed by atoms with Gasteiger partial charge in [0.05, 0.1) is 6.17 Å². The summed E-state index contributed by atoms with van der Waals surface area (Å²) in [6.45, 7) is 5.18. The quantitative estimate of drug-likeness (QED) is 0.567. The Hall–Kier alpha value is -2.98. The molecule has 2 aromatic carbocycles. The molecule has 3 aliphatic heterocycles. The Balaban J connectivity index is 1.18. The van der Waals surface area contributed by atoms with Crippen LogP contribution < -0.4 is 21.1 Å². The molecule has 3 saturated heterocycles. The fourth-order valence-electron chi connectivity index (χ4n) is 5.23. The van der Waals surface area contributed by atoms with Crippen LogP contribution in [0.3, 0.4) is 0 Å². The van der Waals surface area contributed by atoms with Crippen molar-refractivity contribution in [1.82, 2.24) is 26.0 Å². The first-order chi connectivity index (χ1) is 17.0. The van der Waals surface area contributed by atoms with Crippen molar-refractivity contribution < 1.29 is 14.3 Å². The number of hydrogen-bond acceptors (Lipinski definition) is 7. The average molecular weight is 479 g/mol. The van der Waals surface area contributed by atoms with Crippen LogP contribution in [0.15, 0.2) is 54.6 Å². The third-order valence-electron chi connectivity index (χ3n) is 7.38. The van der Waals surface area contributed by atoms with Gasteiger partial charge in [-0.3, -0.25) is 15.0 Å². The van der Waals surface area contributed by atoms with Gasteiger partial charge in [0.15, 0.2) is 6.10 Å². The summed E-state index contributed by atoms with van der Waals surface area (Å²) in [6.07, 6.45) is -0.893. The smallest absolute Gasteiger partial charge is 0.256 e. The number of benzene rings is 2. The summed E-state index contributed by atoms with van der Waals surface area (Å²) in [5.74, 6) is -0.112. The lowest BCUT2D eigenvalue weighted by atomic mass is 10.0. The minimum atomic E-state index is -0.630. The van der Waals surface area contributed by atoms with Crippen LogP contribution in [0.2, 0.25) is 0 Å². The maximum Gasteiger partial charge on any atom is 0.256 e. The van der Waals surface area contributed by atoms with Crippen LogP contribution in [0.25, 0.3) is 0 Å². The summed E-state index contributed by atoms with van der Waals surface area (Å²) < 4.78 is 5.54. The van der Waals surface area contributed by atoms with E-state index in [4.69, 9.17) is 4.74 Å². The number of piperazine rings is 1. The van der Waals surface area contributed by atoms with Crippen molar-refractivity contribution in [3.8, 4) is 0 Å². The van der Waals surface area contributed by atoms with Gasteiger partial charge in [-0.15, -0.1) is 0 Å². The van der Waals surface area contributed by atoms with E-state index in [9.17, 15) is 9.59 Å². The number of likely N-dealkylation sites (tertiary alicyclic amines) is 1. The zero-order valence-corrected chi connectivity index (χ0v) is 20.3. The number of nitrogens with zero attached hydrogens (tertiary/aromatic N) is 3. The highest BCUT2D eigenvalue weighted by Crippen LogP contribution is 2.28. The molecule has 0 radical (unpaired) electrons. The van der Waals surface area contributed by atoms with Gasteiger partial charge in [-0.2, -0.15) is 0 Å². The Labute approximate surface area is 206 Å². The van der Waals surface area contributed by atoms with E-state index >= 15 is 0 Å². The van der Waals surface area contributed by atoms with E-state index < -0.39 is 6.10 Å². The summed E-state index contributed by atoms with van der Waals surface area (Å²) in [5.41, 5.74) is 9.06. The number of anilines is 1. The predicted molar refractivity (Wildman–Crippen MR) is 134 cm³/mol. The van der Waals surface area contributed by atoms with Crippen molar-refractivity contribution in [1.29, 1.82) is 0 Å². The first kappa shape index (κ1) is 23.7. The minimum Gasteiger partial charge on any atom is -0.369 e. The summed E-state index contributed by atoms with van der Waals surface area (Å²) >= 11 is 0. The second-order valence-electron chi connectivity index (χ2n) is 9.62. The summed E-state index contributed by atoms with van der Waals surface area (Å²) in [4.78, 5) is 32.7. The molecule has 0 aliphatic carbocycles. The number of ether oxygens (including phenoxy) is 1. The molecule has 9 heteroatoms. The molecule has 0 saturated carbocycles. The van der Waals surface area contributed by atoms with Gasteiger partial charge in [-0.1, -0.05) is 30.3 Å². The molecule has 3 N–H and O–H groups in total. The zero-order chi connectivity index (χ0) is 24.4. The molecule has 9 nitrogen and oxygen atoms in total. The van der Waals surface area contributed by atoms with Crippen molar-refractivity contribution >= 4 is 17.5 Å². The van der Waals surface area contributed by atoms with Crippen LogP contribution >= 0.6 is 0 Å². The predicted octanol–water partition coefficient (Wildman–Crippen LogP) is 0.817. The summed E-state index contributed by atoms with van der Waals surface area (Å²) in [5, 5.41) is 3.10. The van der Waals surface area contributed by atoms with Crippen LogP contribution in [0.5, 0.6) is 0 Å². The van der Waals surface area contributed by atoms with Gasteiger partial charge >= 0.3 is 0 Å². The minimum absolute atomic E-state index is 0.0560. The van der Waals surface area contributed by atoms with Crippen LogP contribution in [0.4, 0.5) is 5.69 Å². The molecule has 186 valence electrons. The number of carbonyl (C=O) groups excluding carboxylic acids is 2. The van der Waals surface area contributed by atoms with Crippen LogP contribution in [-0.4, -0.2) is 87.2 Å². The SMILES string of the molecule is CO[C@H](C(=O)N1CC2NNC(NC(=O)c3ccc(N4CCN(C)CC4)cc3)C2C1)c1ccccc1. The van der Waals surface area contributed by atoms with Crippen molar-refractivity contribution in [2.75, 3.05) is 58.3 Å². The highest BCUT2D eigenvalue weighted by molar-refractivity contribution is 5.94. The molecule has 0 spiro atoms. The Kier molecular flexibility index (Phi) is 7.01. The molecular formula is C26H34N6O3. The normalized spacial score (nSPS) is 25.4. The zero-order valence-electron chi connectivity index (χ0n) is 20.3. The molecular weight excluding hydrogens is 444 g/mol. The van der Waals surface area contributed by atoms with Crippen LogP contribution in [-0.2, 0) is 9.53 Å². The van der Waals surface area contributed by atoms with Crippen molar-refractivity contribution in [2.24, 2.45) is 5.92 Å². The number of nitrogens with one attached hydrogen (secondary N) is 3. The van der Waals surface area contributed by atoms with Crippen molar-refractivity contribution in [3.05, 3.63) is 65.7 Å². The van der Waals surface area contributed by atoms with E-state index in [-0.39, 0.29) is 29.9 Å². The molecule has 3 aliphatic rings. The lowest BCUT2D eigenvalue weighted by molar-refractivity contribution is -0.141. The number of carbonyl (C=O) groups is 2. The molecule has 0 aromatic heterocycles. The van der Waals surface area contributed by atoms with E-state index in [1.807, 2.05) is 59.5 Å². The van der Waals surface area contributed by atoms with E-state index in [1.165, 1.54) is 0 Å². The van der Waals surface area contributed by atoms with Gasteiger partial charge in [-0.25, -0.2) is 5.43 Å². The molecule has 35 heavy (non-hydrogen) atoms. The van der Waals surface area contributed by atoms with Gasteiger partial charge in [0.25, 0.3) is 11.8 Å². The number of fused-ring (bicyclic) bond motifs is 1. The highest BCUT2D eigenvalue weighted by atomic mass is 16.5. The topological polar surface area (TPSA) is 89.2 Å². The second kappa shape index (κ2) is 10.3. The maximum atomic E-state index is 13.2. The first-order valence-corrected chi connectivity index (χ1v) is 12.3. The maximum absolute atomic E-state index is 13.2. The third-order valence-corrected chi connectivity index (χ3v) is 7.38. The highest BCUT2D eigenvalue weighted by Gasteiger charge is 2.46. The fourth-order valence-corrected chi connectivity index (χ4v) is 5.23. The lowest BCUT2D eigenvalue weighted by Gasteiger charge is -2.34. The Bertz CT molecular complexity index is 1030. The summed E-state index contributed by atoms with van der Waals surface area (Å²) in [7, 11) is 3.70. The molecule has 2 aromatic rings. The molecule has 5 rings (SSSR count). The van der Waals surface area contributed by atoms with Crippen molar-refractivity contribution in [2.45, 2.75) is 18.3 Å². The number of amides is 2. The molecule has 0 bridgehead atoms. The van der Waals surface area contributed by atoms with Gasteiger partial charge in [0.1, 0.15) is 0 Å². The molecule has 3 heterocycles. The standard InChI is InChI=1S/C26H34N6O3/c1-30-12-14-31(15-13-30)20-10-8-19(9-11-20)25(33)27-24-21-16-32(17-22(21)28-29-24)26(34)23(35-2)18-6-4-3-5-7-18/h3-11,21-24,28-29H,12-17H2,1-2H3,(H,27,33)/t21?,22?,23-,24?/m0/s1.